The van der Waals surface area contributed by atoms with Crippen LogP contribution >= 0.6 is 15.9 Å². The van der Waals surface area contributed by atoms with E-state index in [9.17, 15) is 4.79 Å². The summed E-state index contributed by atoms with van der Waals surface area (Å²) in [7, 11) is 1.33. The monoisotopic (exact) mass is 344 g/mol. The average Bonchev–Trinajstić information content (AvgIpc) is 2.72. The third-order valence-corrected chi connectivity index (χ3v) is 3.59. The zero-order chi connectivity index (χ0) is 14.4. The van der Waals surface area contributed by atoms with Crippen LogP contribution in [0.25, 0.3) is 0 Å². The second-order valence-corrected chi connectivity index (χ2v) is 5.27. The average molecular weight is 345 g/mol. The van der Waals surface area contributed by atoms with Gasteiger partial charge in [-0.05, 0) is 22.0 Å². The van der Waals surface area contributed by atoms with Crippen LogP contribution in [0.3, 0.4) is 0 Å². The third kappa shape index (κ3) is 3.76. The number of pyridine rings is 1. The van der Waals surface area contributed by atoms with Crippen molar-refractivity contribution >= 4 is 21.9 Å². The summed E-state index contributed by atoms with van der Waals surface area (Å²) in [5.41, 5.74) is 0.122. The molecule has 0 spiro atoms. The molecule has 1 aromatic rings. The van der Waals surface area contributed by atoms with Crippen LogP contribution < -0.4 is 5.32 Å². The molecule has 0 aliphatic carbocycles. The molecule has 0 saturated carbocycles. The van der Waals surface area contributed by atoms with Gasteiger partial charge in [-0.2, -0.15) is 0 Å². The van der Waals surface area contributed by atoms with Gasteiger partial charge in [-0.1, -0.05) is 6.07 Å². The van der Waals surface area contributed by atoms with Crippen molar-refractivity contribution in [3.63, 3.8) is 0 Å². The zero-order valence-corrected chi connectivity index (χ0v) is 12.8. The smallest absolute Gasteiger partial charge is 0.331 e. The Morgan fingerprint density at radius 3 is 3.15 bits per heavy atom. The van der Waals surface area contributed by atoms with E-state index in [-0.39, 0.29) is 6.61 Å². The van der Waals surface area contributed by atoms with Crippen LogP contribution in [0.2, 0.25) is 0 Å². The maximum Gasteiger partial charge on any atom is 0.331 e. The van der Waals surface area contributed by atoms with Crippen molar-refractivity contribution in [2.45, 2.75) is 5.60 Å². The minimum Gasteiger partial charge on any atom is -0.467 e. The van der Waals surface area contributed by atoms with Gasteiger partial charge in [0, 0.05) is 24.8 Å². The highest BCUT2D eigenvalue weighted by atomic mass is 79.9. The molecule has 1 unspecified atom stereocenters. The molecule has 1 aliphatic rings. The Hall–Kier alpha value is -1.02. The Morgan fingerprint density at radius 2 is 2.45 bits per heavy atom. The minimum absolute atomic E-state index is 0.127. The van der Waals surface area contributed by atoms with Crippen molar-refractivity contribution in [3.05, 3.63) is 28.5 Å². The number of carbonyl (C=O) groups excluding carboxylic acids is 1. The van der Waals surface area contributed by atoms with E-state index in [1.807, 2.05) is 12.1 Å². The van der Waals surface area contributed by atoms with Gasteiger partial charge >= 0.3 is 5.97 Å². The molecule has 1 saturated heterocycles. The van der Waals surface area contributed by atoms with Crippen LogP contribution in [-0.4, -0.2) is 51.0 Å². The van der Waals surface area contributed by atoms with E-state index in [1.54, 1.807) is 6.20 Å². The lowest BCUT2D eigenvalue weighted by Crippen LogP contribution is -2.43. The van der Waals surface area contributed by atoms with Gasteiger partial charge in [-0.25, -0.2) is 9.78 Å². The molecule has 1 N–H and O–H groups in total. The summed E-state index contributed by atoms with van der Waals surface area (Å²) in [6.45, 7) is 2.13. The van der Waals surface area contributed by atoms with Crippen LogP contribution in [0.15, 0.2) is 22.9 Å². The van der Waals surface area contributed by atoms with Gasteiger partial charge in [-0.15, -0.1) is 0 Å². The summed E-state index contributed by atoms with van der Waals surface area (Å²) in [4.78, 5) is 15.6. The highest BCUT2D eigenvalue weighted by Crippen LogP contribution is 2.27. The number of carbonyl (C=O) groups is 1. The van der Waals surface area contributed by atoms with Gasteiger partial charge in [-0.3, -0.25) is 0 Å². The molecule has 2 rings (SSSR count). The Labute approximate surface area is 125 Å². The van der Waals surface area contributed by atoms with E-state index < -0.39 is 11.6 Å². The molecule has 2 heterocycles. The SMILES string of the molecule is COC(=O)COC1(c2ccc(Br)nc2)CNCCOC1. The van der Waals surface area contributed by atoms with E-state index >= 15 is 0 Å². The highest BCUT2D eigenvalue weighted by Gasteiger charge is 2.36. The normalized spacial score (nSPS) is 23.1. The molecule has 0 bridgehead atoms. The first-order chi connectivity index (χ1) is 9.66. The van der Waals surface area contributed by atoms with E-state index in [0.717, 1.165) is 16.7 Å². The number of nitrogens with one attached hydrogen (secondary N) is 1. The van der Waals surface area contributed by atoms with Gasteiger partial charge in [0.15, 0.2) is 0 Å². The van der Waals surface area contributed by atoms with Crippen LogP contribution in [0.4, 0.5) is 0 Å². The van der Waals surface area contributed by atoms with Crippen molar-refractivity contribution in [3.8, 4) is 0 Å². The summed E-state index contributed by atoms with van der Waals surface area (Å²) in [6.07, 6.45) is 1.72. The quantitative estimate of drug-likeness (QED) is 0.645. The Bertz CT molecular complexity index is 444. The molecule has 1 fully saturated rings. The highest BCUT2D eigenvalue weighted by molar-refractivity contribution is 9.10. The molecule has 6 nitrogen and oxygen atoms in total. The van der Waals surface area contributed by atoms with Gasteiger partial charge < -0.3 is 19.5 Å². The molecular formula is C13H17BrN2O4. The first-order valence-corrected chi connectivity index (χ1v) is 7.07. The Morgan fingerprint density at radius 1 is 1.60 bits per heavy atom. The number of halogens is 1. The first kappa shape index (κ1) is 15.4. The fourth-order valence-corrected chi connectivity index (χ4v) is 2.22. The van der Waals surface area contributed by atoms with Crippen molar-refractivity contribution in [2.24, 2.45) is 0 Å². The lowest BCUT2D eigenvalue weighted by molar-refractivity contribution is -0.157. The second kappa shape index (κ2) is 7.12. The number of hydrogen-bond donors (Lipinski definition) is 1. The third-order valence-electron chi connectivity index (χ3n) is 3.12. The number of rotatable bonds is 4. The minimum atomic E-state index is -0.738. The number of ether oxygens (including phenoxy) is 3. The molecule has 0 aromatic carbocycles. The van der Waals surface area contributed by atoms with Gasteiger partial charge in [0.1, 0.15) is 16.8 Å². The summed E-state index contributed by atoms with van der Waals surface area (Å²) in [6, 6.07) is 3.74. The van der Waals surface area contributed by atoms with Crippen LogP contribution in [0.1, 0.15) is 5.56 Å². The first-order valence-electron chi connectivity index (χ1n) is 6.27. The Kier molecular flexibility index (Phi) is 5.47. The van der Waals surface area contributed by atoms with E-state index in [0.29, 0.717) is 19.8 Å². The van der Waals surface area contributed by atoms with Crippen molar-refractivity contribution in [1.29, 1.82) is 0 Å². The fraction of sp³-hybridized carbons (Fsp3) is 0.538. The van der Waals surface area contributed by atoms with E-state index in [2.05, 4.69) is 31.0 Å². The van der Waals surface area contributed by atoms with Crippen LogP contribution in [0.5, 0.6) is 0 Å². The van der Waals surface area contributed by atoms with Crippen molar-refractivity contribution in [1.82, 2.24) is 10.3 Å². The predicted molar refractivity (Wildman–Crippen MR) is 75.3 cm³/mol. The van der Waals surface area contributed by atoms with Gasteiger partial charge in [0.2, 0.25) is 0 Å². The molecule has 7 heteroatoms. The number of hydrogen-bond acceptors (Lipinski definition) is 6. The van der Waals surface area contributed by atoms with E-state index in [1.165, 1.54) is 7.11 Å². The zero-order valence-electron chi connectivity index (χ0n) is 11.2. The number of esters is 1. The van der Waals surface area contributed by atoms with Crippen molar-refractivity contribution < 1.29 is 19.0 Å². The Balaban J connectivity index is 2.22. The molecule has 1 aliphatic heterocycles. The summed E-state index contributed by atoms with van der Waals surface area (Å²) >= 11 is 3.30. The standard InChI is InChI=1S/C13H17BrN2O4/c1-18-12(17)7-20-13(8-15-4-5-19-9-13)10-2-3-11(14)16-6-10/h2-3,6,15H,4-5,7-9H2,1H3. The summed E-state index contributed by atoms with van der Waals surface area (Å²) in [5.74, 6) is -0.418. The molecule has 1 aromatic heterocycles. The van der Waals surface area contributed by atoms with Gasteiger partial charge in [0.25, 0.3) is 0 Å². The summed E-state index contributed by atoms with van der Waals surface area (Å²) < 4.78 is 16.8. The van der Waals surface area contributed by atoms with Crippen LogP contribution in [-0.2, 0) is 24.6 Å². The molecule has 110 valence electrons. The number of nitrogens with zero attached hydrogens (tertiary/aromatic N) is 1. The molecule has 0 amide bonds. The second-order valence-electron chi connectivity index (χ2n) is 4.46. The van der Waals surface area contributed by atoms with Crippen molar-refractivity contribution in [2.75, 3.05) is 40.0 Å². The maximum absolute atomic E-state index is 11.3. The molecule has 20 heavy (non-hydrogen) atoms. The maximum atomic E-state index is 11.3. The molecule has 0 radical (unpaired) electrons. The lowest BCUT2D eigenvalue weighted by atomic mass is 9.96. The predicted octanol–water partition coefficient (Wildman–Crippen LogP) is 0.849. The summed E-state index contributed by atoms with van der Waals surface area (Å²) in [5, 5.41) is 3.25. The fourth-order valence-electron chi connectivity index (χ4n) is 1.99. The van der Waals surface area contributed by atoms with Crippen LogP contribution in [0, 0.1) is 0 Å². The lowest BCUT2D eigenvalue weighted by Gasteiger charge is -2.32. The molecule has 1 atom stereocenters. The largest absolute Gasteiger partial charge is 0.467 e. The number of methoxy groups -OCH3 is 1. The van der Waals surface area contributed by atoms with E-state index in [4.69, 9.17) is 9.47 Å². The topological polar surface area (TPSA) is 69.7 Å². The van der Waals surface area contributed by atoms with Gasteiger partial charge in [0.05, 0.1) is 20.3 Å². The molecular weight excluding hydrogens is 328 g/mol. The number of aromatic nitrogens is 1.